The van der Waals surface area contributed by atoms with Gasteiger partial charge in [-0.25, -0.2) is 4.99 Å². The highest BCUT2D eigenvalue weighted by Crippen LogP contribution is 2.19. The van der Waals surface area contributed by atoms with E-state index >= 15 is 0 Å². The van der Waals surface area contributed by atoms with Crippen LogP contribution >= 0.6 is 0 Å². The van der Waals surface area contributed by atoms with E-state index in [1.807, 2.05) is 30.3 Å². The Morgan fingerprint density at radius 2 is 2.18 bits per heavy atom. The van der Waals surface area contributed by atoms with Crippen molar-refractivity contribution in [2.75, 3.05) is 6.61 Å². The smallest absolute Gasteiger partial charge is 0.273 e. The van der Waals surface area contributed by atoms with Gasteiger partial charge in [0.05, 0.1) is 0 Å². The summed E-state index contributed by atoms with van der Waals surface area (Å²) >= 11 is 0. The third-order valence-corrected chi connectivity index (χ3v) is 1.70. The number of rotatable bonds is 1. The van der Waals surface area contributed by atoms with Gasteiger partial charge in [0.25, 0.3) is 6.40 Å². The largest absolute Gasteiger partial charge is 0.471 e. The van der Waals surface area contributed by atoms with Gasteiger partial charge in [-0.3, -0.25) is 0 Å². The van der Waals surface area contributed by atoms with Crippen LogP contribution in [0.2, 0.25) is 0 Å². The van der Waals surface area contributed by atoms with Crippen LogP contribution in [0.25, 0.3) is 0 Å². The molecule has 55 valence electrons. The summed E-state index contributed by atoms with van der Waals surface area (Å²) in [4.78, 5) is 4.03. The average molecular weight is 146 g/mol. The van der Waals surface area contributed by atoms with Crippen LogP contribution in [0.5, 0.6) is 0 Å². The third-order valence-electron chi connectivity index (χ3n) is 1.70. The first-order valence-corrected chi connectivity index (χ1v) is 3.58. The molecule has 0 aliphatic carbocycles. The number of benzene rings is 1. The maximum absolute atomic E-state index is 4.89. The minimum absolute atomic E-state index is 0.163. The van der Waals surface area contributed by atoms with E-state index in [1.54, 1.807) is 0 Å². The van der Waals surface area contributed by atoms with Gasteiger partial charge in [-0.05, 0) is 5.56 Å². The zero-order valence-electron chi connectivity index (χ0n) is 6.03. The van der Waals surface area contributed by atoms with Gasteiger partial charge in [0.15, 0.2) is 0 Å². The fourth-order valence-corrected chi connectivity index (χ4v) is 1.10. The molecule has 11 heavy (non-hydrogen) atoms. The van der Waals surface area contributed by atoms with E-state index in [-0.39, 0.29) is 6.04 Å². The minimum atomic E-state index is 0.163. The Morgan fingerprint density at radius 3 is 2.82 bits per heavy atom. The molecule has 2 rings (SSSR count). The fraction of sp³-hybridized carbons (Fsp3) is 0.222. The van der Waals surface area contributed by atoms with Crippen molar-refractivity contribution in [3.8, 4) is 0 Å². The van der Waals surface area contributed by atoms with Gasteiger partial charge >= 0.3 is 0 Å². The van der Waals surface area contributed by atoms with E-state index in [2.05, 4.69) is 11.4 Å². The van der Waals surface area contributed by atoms with Crippen LogP contribution in [-0.2, 0) is 4.74 Å². The first kappa shape index (κ1) is 6.40. The van der Waals surface area contributed by atoms with E-state index in [4.69, 9.17) is 4.74 Å². The summed E-state index contributed by atoms with van der Waals surface area (Å²) in [5.74, 6) is 0. The van der Waals surface area contributed by atoms with Crippen LogP contribution in [0.15, 0.2) is 35.3 Å². The van der Waals surface area contributed by atoms with Crippen LogP contribution < -0.4 is 0 Å². The molecule has 1 aromatic rings. The van der Waals surface area contributed by atoms with E-state index < -0.39 is 0 Å². The van der Waals surface area contributed by atoms with Gasteiger partial charge in [0.2, 0.25) is 0 Å². The van der Waals surface area contributed by atoms with Crippen molar-refractivity contribution in [2.24, 2.45) is 4.99 Å². The molecule has 1 aromatic carbocycles. The maximum Gasteiger partial charge on any atom is 0.273 e. The van der Waals surface area contributed by atoms with Crippen LogP contribution in [0, 0.1) is 0 Å². The molecule has 1 aliphatic heterocycles. The van der Waals surface area contributed by atoms with Crippen molar-refractivity contribution in [3.05, 3.63) is 35.9 Å². The molecule has 0 fully saturated rings. The SMILES string of the molecule is [C]1=N[C@H](c2ccccc2)CO1. The molecule has 1 atom stereocenters. The van der Waals surface area contributed by atoms with Crippen LogP contribution in [0.1, 0.15) is 11.6 Å². The Kier molecular flexibility index (Phi) is 1.60. The number of ether oxygens (including phenoxy) is 1. The zero-order chi connectivity index (χ0) is 7.52. The topological polar surface area (TPSA) is 21.6 Å². The monoisotopic (exact) mass is 146 g/mol. The predicted molar refractivity (Wildman–Crippen MR) is 42.6 cm³/mol. The minimum Gasteiger partial charge on any atom is -0.471 e. The third kappa shape index (κ3) is 1.24. The Bertz CT molecular complexity index is 256. The highest BCUT2D eigenvalue weighted by atomic mass is 16.5. The molecule has 0 spiro atoms. The van der Waals surface area contributed by atoms with Gasteiger partial charge in [-0.15, -0.1) is 0 Å². The first-order valence-electron chi connectivity index (χ1n) is 3.58. The fourth-order valence-electron chi connectivity index (χ4n) is 1.10. The van der Waals surface area contributed by atoms with E-state index in [9.17, 15) is 0 Å². The summed E-state index contributed by atoms with van der Waals surface area (Å²) in [6, 6.07) is 10.3. The van der Waals surface area contributed by atoms with Crippen molar-refractivity contribution in [1.29, 1.82) is 0 Å². The summed E-state index contributed by atoms with van der Waals surface area (Å²) in [5, 5.41) is 0. The van der Waals surface area contributed by atoms with E-state index in [0.717, 1.165) is 0 Å². The molecule has 0 saturated carbocycles. The Morgan fingerprint density at radius 1 is 1.36 bits per heavy atom. The van der Waals surface area contributed by atoms with Gasteiger partial charge < -0.3 is 4.74 Å². The van der Waals surface area contributed by atoms with Crippen LogP contribution in [0.4, 0.5) is 0 Å². The van der Waals surface area contributed by atoms with Gasteiger partial charge in [-0.1, -0.05) is 30.3 Å². The quantitative estimate of drug-likeness (QED) is 0.590. The summed E-state index contributed by atoms with van der Waals surface area (Å²) in [6.45, 7) is 0.629. The second-order valence-electron chi connectivity index (χ2n) is 2.46. The second kappa shape index (κ2) is 2.74. The lowest BCUT2D eigenvalue weighted by molar-refractivity contribution is 0.330. The molecule has 1 radical (unpaired) electrons. The summed E-state index contributed by atoms with van der Waals surface area (Å²) in [6.07, 6.45) is 2.50. The standard InChI is InChI=1S/C9H8NO/c1-2-4-8(5-3-1)9-6-11-7-10-9/h1-5,9H,6H2/t9-/m0/s1. The number of aliphatic imine (C=N–C) groups is 1. The molecular formula is C9H8NO. The van der Waals surface area contributed by atoms with Crippen LogP contribution in [-0.4, -0.2) is 13.0 Å². The Labute approximate surface area is 65.5 Å². The van der Waals surface area contributed by atoms with Gasteiger partial charge in [-0.2, -0.15) is 0 Å². The van der Waals surface area contributed by atoms with Crippen molar-refractivity contribution in [3.63, 3.8) is 0 Å². The predicted octanol–water partition coefficient (Wildman–Crippen LogP) is 1.66. The molecule has 0 saturated heterocycles. The normalized spacial score (nSPS) is 21.6. The molecular weight excluding hydrogens is 138 g/mol. The molecule has 2 heteroatoms. The summed E-state index contributed by atoms with van der Waals surface area (Å²) in [5.41, 5.74) is 1.19. The molecule has 1 aliphatic rings. The molecule has 0 bridgehead atoms. The summed E-state index contributed by atoms with van der Waals surface area (Å²) < 4.78 is 4.89. The average Bonchev–Trinajstić information content (AvgIpc) is 2.58. The molecule has 1 heterocycles. The van der Waals surface area contributed by atoms with Crippen molar-refractivity contribution >= 4 is 6.40 Å². The molecule has 0 amide bonds. The lowest BCUT2D eigenvalue weighted by Gasteiger charge is -2.03. The van der Waals surface area contributed by atoms with Crippen molar-refractivity contribution in [2.45, 2.75) is 6.04 Å². The zero-order valence-corrected chi connectivity index (χ0v) is 6.03. The molecule has 0 N–H and O–H groups in total. The van der Waals surface area contributed by atoms with E-state index in [1.165, 1.54) is 5.56 Å². The molecule has 0 unspecified atom stereocenters. The highest BCUT2D eigenvalue weighted by Gasteiger charge is 2.13. The number of hydrogen-bond acceptors (Lipinski definition) is 2. The molecule has 0 aromatic heterocycles. The first-order chi connectivity index (χ1) is 5.47. The van der Waals surface area contributed by atoms with Crippen molar-refractivity contribution < 1.29 is 4.74 Å². The maximum atomic E-state index is 4.89. The van der Waals surface area contributed by atoms with Gasteiger partial charge in [0.1, 0.15) is 12.6 Å². The lowest BCUT2D eigenvalue weighted by atomic mass is 10.1. The Balaban J connectivity index is 2.23. The lowest BCUT2D eigenvalue weighted by Crippen LogP contribution is -1.95. The highest BCUT2D eigenvalue weighted by molar-refractivity contribution is 5.50. The number of hydrogen-bond donors (Lipinski definition) is 0. The van der Waals surface area contributed by atoms with Gasteiger partial charge in [0, 0.05) is 0 Å². The summed E-state index contributed by atoms with van der Waals surface area (Å²) in [7, 11) is 0. The Hall–Kier alpha value is -1.31. The molecule has 2 nitrogen and oxygen atoms in total. The van der Waals surface area contributed by atoms with Crippen LogP contribution in [0.3, 0.4) is 0 Å². The second-order valence-corrected chi connectivity index (χ2v) is 2.46. The number of nitrogens with zero attached hydrogens (tertiary/aromatic N) is 1. The van der Waals surface area contributed by atoms with E-state index in [0.29, 0.717) is 6.61 Å². The van der Waals surface area contributed by atoms with Crippen molar-refractivity contribution in [1.82, 2.24) is 0 Å².